The third kappa shape index (κ3) is 10.7. The molecule has 1 aromatic carbocycles. The second-order valence-electron chi connectivity index (χ2n) is 9.97. The van der Waals surface area contributed by atoms with Gasteiger partial charge in [-0.1, -0.05) is 6.07 Å². The number of unbranched alkanes of at least 4 members (excludes halogenated alkanes) is 1. The molecule has 41 heavy (non-hydrogen) atoms. The fourth-order valence-corrected chi connectivity index (χ4v) is 3.63. The monoisotopic (exact) mass is 570 g/mol. The number of ether oxygens (including phenoxy) is 2. The van der Waals surface area contributed by atoms with Crippen LogP contribution in [0.15, 0.2) is 28.2 Å². The van der Waals surface area contributed by atoms with Gasteiger partial charge in [0.1, 0.15) is 23.1 Å². The minimum Gasteiger partial charge on any atom is -0.507 e. The molecule has 1 atom stereocenters. The van der Waals surface area contributed by atoms with Crippen molar-refractivity contribution >= 4 is 54.2 Å². The van der Waals surface area contributed by atoms with Crippen LogP contribution < -0.4 is 22.1 Å². The lowest BCUT2D eigenvalue weighted by Gasteiger charge is -2.20. The minimum atomic E-state index is -0.969. The number of benzene rings is 1. The third-order valence-corrected chi connectivity index (χ3v) is 5.52. The van der Waals surface area contributed by atoms with Crippen molar-refractivity contribution in [2.75, 3.05) is 25.1 Å². The molecule has 222 valence electrons. The number of aliphatic imine (C=N–C) groups is 2. The lowest BCUT2D eigenvalue weighted by molar-refractivity contribution is -0.143. The number of hydrogen-bond acceptors (Lipinski definition) is 12. The predicted octanol–water partition coefficient (Wildman–Crippen LogP) is 2.98. The number of nitrogens with two attached hydrogens (primary N) is 2. The molecule has 0 saturated heterocycles. The number of phenolic OH excluding ortho intramolecular Hbond substituents is 1. The van der Waals surface area contributed by atoms with E-state index in [1.807, 2.05) is 0 Å². The number of nitrogens with zero attached hydrogens (tertiary/aromatic N) is 4. The Morgan fingerprint density at radius 2 is 1.93 bits per heavy atom. The van der Waals surface area contributed by atoms with Crippen LogP contribution in [0, 0.1) is 0 Å². The molecule has 7 N–H and O–H groups in total. The first-order valence-electron chi connectivity index (χ1n) is 12.9. The molecule has 2 aromatic rings. The molecule has 1 heterocycles. The van der Waals surface area contributed by atoms with E-state index in [-0.39, 0.29) is 47.5 Å². The van der Waals surface area contributed by atoms with Crippen LogP contribution in [0.25, 0.3) is 0 Å². The van der Waals surface area contributed by atoms with E-state index in [0.29, 0.717) is 25.7 Å². The van der Waals surface area contributed by atoms with Gasteiger partial charge in [0.05, 0.1) is 12.7 Å². The van der Waals surface area contributed by atoms with Crippen molar-refractivity contribution in [3.63, 3.8) is 0 Å². The number of nitrogen functional groups attached to an aromatic ring is 2. The highest BCUT2D eigenvalue weighted by Gasteiger charge is 2.24. The zero-order chi connectivity index (χ0) is 30.6. The molecule has 2 rings (SSSR count). The third-order valence-electron chi connectivity index (χ3n) is 5.52. The van der Waals surface area contributed by atoms with Crippen molar-refractivity contribution < 1.29 is 29.0 Å². The van der Waals surface area contributed by atoms with Crippen LogP contribution in [-0.4, -0.2) is 71.3 Å². The number of aromatic nitrogens is 2. The molecule has 0 aliphatic carbocycles. The lowest BCUT2D eigenvalue weighted by atomic mass is 10.0. The first kappa shape index (κ1) is 32.5. The van der Waals surface area contributed by atoms with Crippen molar-refractivity contribution in [2.45, 2.75) is 64.5 Å². The summed E-state index contributed by atoms with van der Waals surface area (Å²) in [5.41, 5.74) is 11.8. The number of esters is 1. The molecule has 14 nitrogen and oxygen atoms in total. The van der Waals surface area contributed by atoms with E-state index in [1.54, 1.807) is 33.1 Å². The number of rotatable bonds is 13. The summed E-state index contributed by atoms with van der Waals surface area (Å²) in [6.45, 7) is 8.92. The number of phenols is 1. The molecule has 0 aliphatic heterocycles. The summed E-state index contributed by atoms with van der Waals surface area (Å²) in [6.07, 6.45) is 3.50. The Labute approximate surface area is 238 Å². The first-order valence-corrected chi connectivity index (χ1v) is 12.9. The molecule has 2 amide bonds. The molecule has 0 saturated carbocycles. The topological polar surface area (TPSA) is 216 Å². The molecule has 0 fully saturated rings. The number of aromatic hydroxyl groups is 1. The van der Waals surface area contributed by atoms with Crippen LogP contribution in [0.5, 0.6) is 5.75 Å². The zero-order valence-corrected chi connectivity index (χ0v) is 23.8. The van der Waals surface area contributed by atoms with Gasteiger partial charge in [0.25, 0.3) is 5.91 Å². The first-order chi connectivity index (χ1) is 19.3. The fourth-order valence-electron chi connectivity index (χ4n) is 3.63. The standard InChI is InChI=1S/C27H38N8O6/c1-27(2,3)41-26(39)32-14-8-10-18(24(38)40-5)33-23(37)17-12-11-16(15-19(17)36)9-6-7-13-31-22-20(30-4)21(28)34-25(29)35-22/h11-13,15,18,36H,4,6-10,14H2,1-3,5H3,(H,32,39)(H,33,37)(H4,28,29,34,35)/t18-/m0/s1. The van der Waals surface area contributed by atoms with E-state index < -0.39 is 29.6 Å². The van der Waals surface area contributed by atoms with Crippen LogP contribution in [0.4, 0.5) is 28.1 Å². The Hall–Kier alpha value is -4.75. The highest BCUT2D eigenvalue weighted by Crippen LogP contribution is 2.30. The number of carbonyl (C=O) groups excluding carboxylic acids is 3. The molecule has 0 unspecified atom stereocenters. The van der Waals surface area contributed by atoms with Gasteiger partial charge < -0.3 is 36.7 Å². The highest BCUT2D eigenvalue weighted by molar-refractivity contribution is 5.99. The van der Waals surface area contributed by atoms with Crippen molar-refractivity contribution in [1.82, 2.24) is 20.6 Å². The second-order valence-corrected chi connectivity index (χ2v) is 9.97. The van der Waals surface area contributed by atoms with Crippen molar-refractivity contribution in [2.24, 2.45) is 9.98 Å². The van der Waals surface area contributed by atoms with Crippen LogP contribution in [0.2, 0.25) is 0 Å². The maximum atomic E-state index is 12.8. The summed E-state index contributed by atoms with van der Waals surface area (Å²) in [5, 5.41) is 15.7. The van der Waals surface area contributed by atoms with E-state index in [9.17, 15) is 19.5 Å². The van der Waals surface area contributed by atoms with E-state index in [4.69, 9.17) is 20.9 Å². The average molecular weight is 571 g/mol. The van der Waals surface area contributed by atoms with Gasteiger partial charge in [-0.15, -0.1) is 0 Å². The Kier molecular flexibility index (Phi) is 12.0. The Bertz CT molecular complexity index is 1280. The average Bonchev–Trinajstić information content (AvgIpc) is 2.88. The van der Waals surface area contributed by atoms with Gasteiger partial charge in [0.2, 0.25) is 5.95 Å². The predicted molar refractivity (Wildman–Crippen MR) is 156 cm³/mol. The van der Waals surface area contributed by atoms with Gasteiger partial charge in [-0.25, -0.2) is 14.6 Å². The van der Waals surface area contributed by atoms with Gasteiger partial charge in [0.15, 0.2) is 11.6 Å². The summed E-state index contributed by atoms with van der Waals surface area (Å²) < 4.78 is 9.96. The maximum absolute atomic E-state index is 12.8. The lowest BCUT2D eigenvalue weighted by Crippen LogP contribution is -2.42. The van der Waals surface area contributed by atoms with Gasteiger partial charge in [-0.3, -0.25) is 9.79 Å². The smallest absolute Gasteiger partial charge is 0.407 e. The minimum absolute atomic E-state index is 0.0134. The van der Waals surface area contributed by atoms with Gasteiger partial charge in [-0.2, -0.15) is 9.97 Å². The maximum Gasteiger partial charge on any atom is 0.407 e. The quantitative estimate of drug-likeness (QED) is 0.135. The molecule has 14 heteroatoms. The van der Waals surface area contributed by atoms with Crippen LogP contribution in [0.1, 0.15) is 62.4 Å². The number of hydrogen-bond donors (Lipinski definition) is 5. The zero-order valence-electron chi connectivity index (χ0n) is 23.8. The number of methoxy groups -OCH3 is 1. The number of amides is 2. The Morgan fingerprint density at radius 1 is 1.20 bits per heavy atom. The molecular formula is C27H38N8O6. The molecule has 1 aromatic heterocycles. The van der Waals surface area contributed by atoms with Gasteiger partial charge in [0, 0.05) is 12.8 Å². The number of aryl methyl sites for hydroxylation is 1. The number of alkyl carbamates (subject to hydrolysis) is 1. The highest BCUT2D eigenvalue weighted by atomic mass is 16.6. The van der Waals surface area contributed by atoms with E-state index in [1.165, 1.54) is 19.2 Å². The van der Waals surface area contributed by atoms with E-state index in [2.05, 4.69) is 37.3 Å². The van der Waals surface area contributed by atoms with Crippen molar-refractivity contribution in [3.8, 4) is 5.75 Å². The molecule has 0 bridgehead atoms. The number of nitrogens with one attached hydrogen (secondary N) is 2. The Balaban J connectivity index is 1.90. The van der Waals surface area contributed by atoms with E-state index >= 15 is 0 Å². The number of anilines is 2. The SMILES string of the molecule is C=Nc1c(N)nc(N)nc1N=CCCCc1ccc(C(=O)N[C@@H](CCCNC(=O)OC(C)(C)C)C(=O)OC)c(O)c1. The molecule has 0 radical (unpaired) electrons. The van der Waals surface area contributed by atoms with Crippen LogP contribution in [-0.2, 0) is 20.7 Å². The van der Waals surface area contributed by atoms with Crippen molar-refractivity contribution in [1.29, 1.82) is 0 Å². The second kappa shape index (κ2) is 15.1. The summed E-state index contributed by atoms with van der Waals surface area (Å²) in [7, 11) is 1.21. The van der Waals surface area contributed by atoms with Crippen LogP contribution >= 0.6 is 0 Å². The van der Waals surface area contributed by atoms with Crippen molar-refractivity contribution in [3.05, 3.63) is 29.3 Å². The summed E-state index contributed by atoms with van der Waals surface area (Å²) >= 11 is 0. The Morgan fingerprint density at radius 3 is 2.56 bits per heavy atom. The molecule has 0 spiro atoms. The van der Waals surface area contributed by atoms with E-state index in [0.717, 1.165) is 5.56 Å². The summed E-state index contributed by atoms with van der Waals surface area (Å²) in [5.74, 6) is -1.20. The summed E-state index contributed by atoms with van der Waals surface area (Å²) in [4.78, 5) is 52.7. The normalized spacial score (nSPS) is 12.0. The van der Waals surface area contributed by atoms with Gasteiger partial charge in [-0.05, 0) is 77.3 Å². The van der Waals surface area contributed by atoms with Crippen LogP contribution in [0.3, 0.4) is 0 Å². The molecular weight excluding hydrogens is 532 g/mol. The number of carbonyl (C=O) groups is 3. The fraction of sp³-hybridized carbons (Fsp3) is 0.444. The largest absolute Gasteiger partial charge is 0.507 e. The molecule has 0 aliphatic rings. The van der Waals surface area contributed by atoms with Gasteiger partial charge >= 0.3 is 12.1 Å². The summed E-state index contributed by atoms with van der Waals surface area (Å²) in [6, 6.07) is 3.73.